The maximum absolute atomic E-state index is 13.5. The predicted molar refractivity (Wildman–Crippen MR) is 150 cm³/mol. The molecule has 1 aliphatic rings. The Kier molecular flexibility index (Phi) is 10.9. The molecule has 4 atom stereocenters. The van der Waals surface area contributed by atoms with Gasteiger partial charge in [-0.15, -0.1) is 0 Å². The number of nitrogens with one attached hydrogen (secondary N) is 1. The summed E-state index contributed by atoms with van der Waals surface area (Å²) in [6.07, 6.45) is -0.210. The topological polar surface area (TPSA) is 132 Å². The summed E-state index contributed by atoms with van der Waals surface area (Å²) in [5.41, 5.74) is -0.202. The van der Waals surface area contributed by atoms with Crippen LogP contribution in [-0.4, -0.2) is 61.1 Å². The van der Waals surface area contributed by atoms with Crippen molar-refractivity contribution in [2.45, 2.75) is 57.5 Å². The maximum Gasteiger partial charge on any atom is 0.329 e. The van der Waals surface area contributed by atoms with Crippen molar-refractivity contribution in [3.8, 4) is 23.0 Å². The molecule has 0 unspecified atom stereocenters. The van der Waals surface area contributed by atoms with Crippen LogP contribution in [0.3, 0.4) is 0 Å². The molecule has 2 aromatic carbocycles. The molecule has 0 spiro atoms. The summed E-state index contributed by atoms with van der Waals surface area (Å²) in [7, 11) is 1.36. The van der Waals surface area contributed by atoms with Gasteiger partial charge in [0.1, 0.15) is 41.4 Å². The number of esters is 2. The predicted octanol–water partition coefficient (Wildman–Crippen LogP) is 4.38. The van der Waals surface area contributed by atoms with E-state index in [1.165, 1.54) is 74.8 Å². The van der Waals surface area contributed by atoms with Gasteiger partial charge in [0.15, 0.2) is 23.3 Å². The first-order valence-electron chi connectivity index (χ1n) is 13.8. The number of hydrogen-bond acceptors (Lipinski definition) is 10. The third-order valence-corrected chi connectivity index (χ3v) is 6.66. The summed E-state index contributed by atoms with van der Waals surface area (Å²) in [5, 5.41) is 2.65. The Bertz CT molecular complexity index is 1440. The molecule has 1 N–H and O–H groups in total. The molecule has 3 aromatic rings. The van der Waals surface area contributed by atoms with Gasteiger partial charge in [-0.05, 0) is 74.7 Å². The average Bonchev–Trinajstić information content (AvgIpc) is 3.04. The molecular weight excluding hydrogens is 582 g/mol. The summed E-state index contributed by atoms with van der Waals surface area (Å²) in [4.78, 5) is 41.9. The quantitative estimate of drug-likeness (QED) is 0.259. The fraction of sp³-hybridized carbons (Fsp3) is 0.355. The van der Waals surface area contributed by atoms with Crippen molar-refractivity contribution < 1.29 is 51.6 Å². The molecule has 11 nitrogen and oxygen atoms in total. The molecule has 13 heteroatoms. The van der Waals surface area contributed by atoms with E-state index in [0.717, 1.165) is 0 Å². The molecule has 1 fully saturated rings. The minimum Gasteiger partial charge on any atom is -0.493 e. The molecule has 44 heavy (non-hydrogen) atoms. The highest BCUT2D eigenvalue weighted by Gasteiger charge is 2.37. The molecule has 1 aliphatic heterocycles. The highest BCUT2D eigenvalue weighted by Crippen LogP contribution is 2.30. The number of cyclic esters (lactones) is 1. The maximum atomic E-state index is 13.5. The molecule has 0 saturated carbocycles. The average molecular weight is 615 g/mol. The normalized spacial score (nSPS) is 20.2. The molecule has 1 amide bonds. The summed E-state index contributed by atoms with van der Waals surface area (Å²) in [5.74, 6) is -2.20. The number of halogens is 2. The van der Waals surface area contributed by atoms with Crippen molar-refractivity contribution in [1.29, 1.82) is 0 Å². The number of ether oxygens (including phenoxy) is 6. The van der Waals surface area contributed by atoms with E-state index in [9.17, 15) is 23.2 Å². The lowest BCUT2D eigenvalue weighted by molar-refractivity contribution is -0.157. The summed E-state index contributed by atoms with van der Waals surface area (Å²) in [6.45, 7) is 2.32. The van der Waals surface area contributed by atoms with Crippen LogP contribution in [0, 0.1) is 11.6 Å². The molecular formula is C31H32F2N2O9. The summed E-state index contributed by atoms with van der Waals surface area (Å²) < 4.78 is 60.7. The molecule has 234 valence electrons. The highest BCUT2D eigenvalue weighted by atomic mass is 19.1. The summed E-state index contributed by atoms with van der Waals surface area (Å²) in [6, 6.07) is 11.2. The molecule has 1 aromatic heterocycles. The van der Waals surface area contributed by atoms with E-state index in [4.69, 9.17) is 28.4 Å². The van der Waals surface area contributed by atoms with Gasteiger partial charge < -0.3 is 33.7 Å². The Morgan fingerprint density at radius 1 is 0.977 bits per heavy atom. The van der Waals surface area contributed by atoms with E-state index >= 15 is 0 Å². The smallest absolute Gasteiger partial charge is 0.329 e. The van der Waals surface area contributed by atoms with E-state index in [1.807, 2.05) is 0 Å². The van der Waals surface area contributed by atoms with Gasteiger partial charge in [-0.3, -0.25) is 9.59 Å². The third kappa shape index (κ3) is 8.55. The van der Waals surface area contributed by atoms with Crippen LogP contribution in [0.5, 0.6) is 23.0 Å². The Labute approximate surface area is 252 Å². The van der Waals surface area contributed by atoms with E-state index in [-0.39, 0.29) is 23.6 Å². The number of carbonyl (C=O) groups is 3. The minimum atomic E-state index is -1.09. The number of methoxy groups -OCH3 is 1. The van der Waals surface area contributed by atoms with Gasteiger partial charge in [-0.1, -0.05) is 0 Å². The third-order valence-electron chi connectivity index (χ3n) is 6.66. The lowest BCUT2D eigenvalue weighted by atomic mass is 10.0. The Morgan fingerprint density at radius 3 is 2.23 bits per heavy atom. The van der Waals surface area contributed by atoms with Gasteiger partial charge in [0.25, 0.3) is 5.91 Å². The number of pyridine rings is 1. The molecule has 2 heterocycles. The molecule has 0 bridgehead atoms. The van der Waals surface area contributed by atoms with Gasteiger partial charge >= 0.3 is 11.9 Å². The second-order valence-electron chi connectivity index (χ2n) is 9.83. The minimum absolute atomic E-state index is 0.0842. The Balaban J connectivity index is 1.55. The molecule has 1 saturated heterocycles. The molecule has 0 radical (unpaired) electrons. The Morgan fingerprint density at radius 2 is 1.61 bits per heavy atom. The van der Waals surface area contributed by atoms with Crippen molar-refractivity contribution in [3.05, 3.63) is 78.1 Å². The number of rotatable bonds is 10. The molecule has 0 aliphatic carbocycles. The number of amides is 1. The fourth-order valence-corrected chi connectivity index (χ4v) is 4.52. The zero-order valence-corrected chi connectivity index (χ0v) is 24.3. The number of nitrogens with zero attached hydrogens (tertiary/aromatic N) is 1. The van der Waals surface area contributed by atoms with Crippen LogP contribution in [-0.2, 0) is 19.1 Å². The van der Waals surface area contributed by atoms with Crippen LogP contribution < -0.4 is 24.3 Å². The lowest BCUT2D eigenvalue weighted by Gasteiger charge is -2.31. The van der Waals surface area contributed by atoms with Crippen LogP contribution in [0.4, 0.5) is 8.78 Å². The van der Waals surface area contributed by atoms with E-state index in [1.54, 1.807) is 6.92 Å². The lowest BCUT2D eigenvalue weighted by Crippen LogP contribution is -2.47. The van der Waals surface area contributed by atoms with Gasteiger partial charge in [0.2, 0.25) is 6.79 Å². The van der Waals surface area contributed by atoms with E-state index in [0.29, 0.717) is 24.3 Å². The van der Waals surface area contributed by atoms with E-state index < -0.39 is 60.6 Å². The fourth-order valence-electron chi connectivity index (χ4n) is 4.52. The molecule has 4 rings (SSSR count). The first kappa shape index (κ1) is 32.0. The largest absolute Gasteiger partial charge is 0.493 e. The van der Waals surface area contributed by atoms with Crippen LogP contribution in [0.15, 0.2) is 60.8 Å². The monoisotopic (exact) mass is 614 g/mol. The number of aromatic nitrogens is 1. The first-order chi connectivity index (χ1) is 21.1. The van der Waals surface area contributed by atoms with E-state index in [2.05, 4.69) is 10.3 Å². The van der Waals surface area contributed by atoms with Gasteiger partial charge in [-0.2, -0.15) is 0 Å². The zero-order valence-electron chi connectivity index (χ0n) is 24.3. The van der Waals surface area contributed by atoms with Crippen molar-refractivity contribution >= 4 is 17.8 Å². The highest BCUT2D eigenvalue weighted by molar-refractivity contribution is 5.98. The summed E-state index contributed by atoms with van der Waals surface area (Å²) >= 11 is 0. The van der Waals surface area contributed by atoms with Crippen LogP contribution in [0.2, 0.25) is 0 Å². The van der Waals surface area contributed by atoms with Crippen molar-refractivity contribution in [2.75, 3.05) is 13.9 Å². The van der Waals surface area contributed by atoms with Crippen LogP contribution >= 0.6 is 0 Å². The number of hydrogen-bond donors (Lipinski definition) is 1. The SMILES string of the molecule is COc1ccnc(C(=O)N[C@H]2CCC[C@H](Oc3ccc(F)cc3)[C@@H](Oc3ccc(F)cc3)[C@H](C)OC2=O)c1OCOC(C)=O. The second-order valence-corrected chi connectivity index (χ2v) is 9.83. The second kappa shape index (κ2) is 15.0. The zero-order chi connectivity index (χ0) is 31.6. The van der Waals surface area contributed by atoms with Crippen LogP contribution in [0.25, 0.3) is 0 Å². The Hall–Kier alpha value is -4.94. The standard InChI is InChI=1S/C31H32F2N2O9/c1-18-28(44-23-13-9-21(33)10-14-23)26(43-22-11-7-20(32)8-12-22)6-4-5-24(31(38)42-18)35-30(37)27-29(41-17-40-19(2)36)25(39-3)15-16-34-27/h7-16,18,24,26,28H,4-6,17H2,1-3H3,(H,35,37)/t18-,24-,26-,28-/m0/s1. The van der Waals surface area contributed by atoms with Gasteiger partial charge in [0, 0.05) is 19.2 Å². The number of benzene rings is 2. The van der Waals surface area contributed by atoms with Crippen molar-refractivity contribution in [2.24, 2.45) is 0 Å². The van der Waals surface area contributed by atoms with Crippen LogP contribution in [0.1, 0.15) is 43.6 Å². The van der Waals surface area contributed by atoms with Crippen molar-refractivity contribution in [1.82, 2.24) is 10.3 Å². The number of carbonyl (C=O) groups excluding carboxylic acids is 3. The van der Waals surface area contributed by atoms with Gasteiger partial charge in [0.05, 0.1) is 7.11 Å². The van der Waals surface area contributed by atoms with Crippen molar-refractivity contribution in [3.63, 3.8) is 0 Å². The first-order valence-corrected chi connectivity index (χ1v) is 13.8. The van der Waals surface area contributed by atoms with Gasteiger partial charge in [-0.25, -0.2) is 18.6 Å².